The average Bonchev–Trinajstić information content (AvgIpc) is 2.35. The largest absolute Gasteiger partial charge is 0.397 e. The predicted octanol–water partition coefficient (Wildman–Crippen LogP) is 4.03. The molecule has 3 N–H and O–H groups in total. The van der Waals surface area contributed by atoms with Crippen LogP contribution in [0.25, 0.3) is 0 Å². The van der Waals surface area contributed by atoms with Crippen LogP contribution in [0.15, 0.2) is 12.1 Å². The third kappa shape index (κ3) is 3.34. The van der Waals surface area contributed by atoms with Gasteiger partial charge in [-0.2, -0.15) is 0 Å². The van der Waals surface area contributed by atoms with Crippen LogP contribution in [0.4, 0.5) is 5.69 Å². The first-order valence-electron chi connectivity index (χ1n) is 6.48. The number of halogens is 2. The molecule has 0 atom stereocenters. The minimum absolute atomic E-state index is 0.129. The van der Waals surface area contributed by atoms with Crippen LogP contribution in [-0.4, -0.2) is 11.4 Å². The third-order valence-corrected chi connectivity index (χ3v) is 4.51. The zero-order chi connectivity index (χ0) is 14.0. The fourth-order valence-electron chi connectivity index (χ4n) is 2.54. The predicted molar refractivity (Wildman–Crippen MR) is 79.8 cm³/mol. The lowest BCUT2D eigenvalue weighted by atomic mass is 9.83. The van der Waals surface area contributed by atoms with Crippen LogP contribution in [0.2, 0.25) is 10.0 Å². The van der Waals surface area contributed by atoms with Gasteiger partial charge in [-0.1, -0.05) is 42.5 Å². The van der Waals surface area contributed by atoms with E-state index in [-0.39, 0.29) is 11.4 Å². The van der Waals surface area contributed by atoms with Crippen molar-refractivity contribution in [2.75, 3.05) is 5.73 Å². The van der Waals surface area contributed by atoms with Gasteiger partial charge in [0.1, 0.15) is 0 Å². The molecule has 3 nitrogen and oxygen atoms in total. The Hall–Kier alpha value is -0.930. The second-order valence-electron chi connectivity index (χ2n) is 5.44. The lowest BCUT2D eigenvalue weighted by Gasteiger charge is -2.34. The Bertz CT molecular complexity index is 473. The highest BCUT2D eigenvalue weighted by Crippen LogP contribution is 2.31. The van der Waals surface area contributed by atoms with Gasteiger partial charge in [0.15, 0.2) is 0 Å². The van der Waals surface area contributed by atoms with Crippen molar-refractivity contribution in [1.29, 1.82) is 0 Å². The molecular formula is C14H18Cl2N2O. The van der Waals surface area contributed by atoms with Crippen LogP contribution < -0.4 is 11.1 Å². The highest BCUT2D eigenvalue weighted by molar-refractivity contribution is 6.43. The number of nitrogen functional groups attached to an aromatic ring is 1. The summed E-state index contributed by atoms with van der Waals surface area (Å²) in [4.78, 5) is 12.3. The van der Waals surface area contributed by atoms with E-state index in [0.717, 1.165) is 25.7 Å². The molecule has 2 rings (SSSR count). The molecule has 19 heavy (non-hydrogen) atoms. The van der Waals surface area contributed by atoms with Gasteiger partial charge >= 0.3 is 0 Å². The number of nitrogens with two attached hydrogens (primary N) is 1. The third-order valence-electron chi connectivity index (χ3n) is 3.69. The lowest BCUT2D eigenvalue weighted by molar-refractivity contribution is 0.0883. The highest BCUT2D eigenvalue weighted by atomic mass is 35.5. The zero-order valence-corrected chi connectivity index (χ0v) is 12.4. The normalized spacial score (nSPS) is 18.1. The number of hydrogen-bond acceptors (Lipinski definition) is 2. The van der Waals surface area contributed by atoms with Crippen molar-refractivity contribution < 1.29 is 4.79 Å². The number of nitrogens with one attached hydrogen (secondary N) is 1. The zero-order valence-electron chi connectivity index (χ0n) is 10.9. The molecule has 104 valence electrons. The molecule has 0 aromatic heterocycles. The summed E-state index contributed by atoms with van der Waals surface area (Å²) in [5.41, 5.74) is 6.38. The summed E-state index contributed by atoms with van der Waals surface area (Å²) in [5, 5.41) is 3.69. The number of benzene rings is 1. The molecule has 0 spiro atoms. The molecule has 1 amide bonds. The Labute approximate surface area is 123 Å². The van der Waals surface area contributed by atoms with E-state index < -0.39 is 0 Å². The Kier molecular flexibility index (Phi) is 4.26. The number of amides is 1. The molecule has 0 radical (unpaired) electrons. The van der Waals surface area contributed by atoms with Crippen molar-refractivity contribution in [1.82, 2.24) is 5.32 Å². The molecular weight excluding hydrogens is 283 g/mol. The molecule has 0 heterocycles. The Morgan fingerprint density at radius 3 is 2.47 bits per heavy atom. The van der Waals surface area contributed by atoms with E-state index in [1.165, 1.54) is 6.42 Å². The summed E-state index contributed by atoms with van der Waals surface area (Å²) < 4.78 is 0. The van der Waals surface area contributed by atoms with Gasteiger partial charge in [0.25, 0.3) is 5.91 Å². The summed E-state index contributed by atoms with van der Waals surface area (Å²) in [6, 6.07) is 3.12. The van der Waals surface area contributed by atoms with Gasteiger partial charge in [0.2, 0.25) is 0 Å². The number of carbonyl (C=O) groups is 1. The van der Waals surface area contributed by atoms with Crippen molar-refractivity contribution in [2.24, 2.45) is 0 Å². The summed E-state index contributed by atoms with van der Waals surface area (Å²) in [6.45, 7) is 2.09. The number of hydrogen-bond donors (Lipinski definition) is 2. The first kappa shape index (κ1) is 14.5. The highest BCUT2D eigenvalue weighted by Gasteiger charge is 2.28. The monoisotopic (exact) mass is 300 g/mol. The maximum absolute atomic E-state index is 12.3. The van der Waals surface area contributed by atoms with Crippen molar-refractivity contribution in [3.63, 3.8) is 0 Å². The fraction of sp³-hybridized carbons (Fsp3) is 0.500. The van der Waals surface area contributed by atoms with E-state index in [1.807, 2.05) is 0 Å². The van der Waals surface area contributed by atoms with E-state index in [1.54, 1.807) is 12.1 Å². The van der Waals surface area contributed by atoms with Crippen LogP contribution in [0.1, 0.15) is 49.4 Å². The molecule has 1 fully saturated rings. The van der Waals surface area contributed by atoms with Crippen LogP contribution in [0.3, 0.4) is 0 Å². The van der Waals surface area contributed by atoms with Crippen LogP contribution >= 0.6 is 23.2 Å². The van der Waals surface area contributed by atoms with Crippen LogP contribution in [-0.2, 0) is 0 Å². The van der Waals surface area contributed by atoms with E-state index >= 15 is 0 Å². The average molecular weight is 301 g/mol. The minimum atomic E-state index is -0.144. The second-order valence-corrected chi connectivity index (χ2v) is 6.22. The van der Waals surface area contributed by atoms with Gasteiger partial charge < -0.3 is 11.1 Å². The summed E-state index contributed by atoms with van der Waals surface area (Å²) >= 11 is 11.8. The van der Waals surface area contributed by atoms with Gasteiger partial charge in [0.05, 0.1) is 15.7 Å². The standard InChI is InChI=1S/C14H18Cl2N2O/c1-14(5-3-2-4-6-14)18-13(19)9-7-10(15)12(16)11(17)8-9/h7-8H,2-6,17H2,1H3,(H,18,19). The number of anilines is 1. The molecule has 1 aliphatic rings. The quantitative estimate of drug-likeness (QED) is 0.810. The van der Waals surface area contributed by atoms with Gasteiger partial charge in [-0.15, -0.1) is 0 Å². The van der Waals surface area contributed by atoms with Crippen molar-refractivity contribution in [3.05, 3.63) is 27.7 Å². The molecule has 0 aliphatic heterocycles. The minimum Gasteiger partial charge on any atom is -0.397 e. The van der Waals surface area contributed by atoms with Crippen LogP contribution in [0.5, 0.6) is 0 Å². The molecule has 1 saturated carbocycles. The SMILES string of the molecule is CC1(NC(=O)c2cc(N)c(Cl)c(Cl)c2)CCCCC1. The van der Waals surface area contributed by atoms with Crippen LogP contribution in [0, 0.1) is 0 Å². The number of rotatable bonds is 2. The molecule has 1 aromatic carbocycles. The smallest absolute Gasteiger partial charge is 0.251 e. The maximum atomic E-state index is 12.3. The van der Waals surface area contributed by atoms with E-state index in [0.29, 0.717) is 21.3 Å². The van der Waals surface area contributed by atoms with Gasteiger partial charge in [-0.25, -0.2) is 0 Å². The van der Waals surface area contributed by atoms with Gasteiger partial charge in [0, 0.05) is 11.1 Å². The topological polar surface area (TPSA) is 55.1 Å². The molecule has 1 aromatic rings. The van der Waals surface area contributed by atoms with Gasteiger partial charge in [-0.05, 0) is 31.9 Å². The van der Waals surface area contributed by atoms with Crippen molar-refractivity contribution in [3.8, 4) is 0 Å². The first-order valence-corrected chi connectivity index (χ1v) is 7.24. The summed E-state index contributed by atoms with van der Waals surface area (Å²) in [6.07, 6.45) is 5.57. The number of carbonyl (C=O) groups excluding carboxylic acids is 1. The van der Waals surface area contributed by atoms with E-state index in [9.17, 15) is 4.79 Å². The first-order chi connectivity index (χ1) is 8.91. The Balaban J connectivity index is 2.16. The Morgan fingerprint density at radius 1 is 1.26 bits per heavy atom. The van der Waals surface area contributed by atoms with E-state index in [4.69, 9.17) is 28.9 Å². The summed E-state index contributed by atoms with van der Waals surface area (Å²) in [5.74, 6) is -0.144. The molecule has 5 heteroatoms. The molecule has 0 bridgehead atoms. The molecule has 1 aliphatic carbocycles. The lowest BCUT2D eigenvalue weighted by Crippen LogP contribution is -2.47. The second kappa shape index (κ2) is 5.59. The van der Waals surface area contributed by atoms with Crippen molar-refractivity contribution in [2.45, 2.75) is 44.6 Å². The Morgan fingerprint density at radius 2 is 1.89 bits per heavy atom. The maximum Gasteiger partial charge on any atom is 0.251 e. The van der Waals surface area contributed by atoms with Crippen molar-refractivity contribution >= 4 is 34.8 Å². The van der Waals surface area contributed by atoms with E-state index in [2.05, 4.69) is 12.2 Å². The summed E-state index contributed by atoms with van der Waals surface area (Å²) in [7, 11) is 0. The van der Waals surface area contributed by atoms with Gasteiger partial charge in [-0.3, -0.25) is 4.79 Å². The molecule has 0 unspecified atom stereocenters. The fourth-order valence-corrected chi connectivity index (χ4v) is 2.88. The molecule has 0 saturated heterocycles.